The maximum atomic E-state index is 12.7. The van der Waals surface area contributed by atoms with Gasteiger partial charge in [-0.05, 0) is 83.1 Å². The van der Waals surface area contributed by atoms with Gasteiger partial charge >= 0.3 is 5.97 Å². The van der Waals surface area contributed by atoms with Gasteiger partial charge in [-0.15, -0.1) is 11.3 Å². The Morgan fingerprint density at radius 2 is 1.72 bits per heavy atom. The first kappa shape index (κ1) is 17.1. The normalized spacial score (nSPS) is 34.0. The van der Waals surface area contributed by atoms with E-state index in [1.165, 1.54) is 19.3 Å². The van der Waals surface area contributed by atoms with Crippen LogP contribution in [0.5, 0.6) is 0 Å². The molecule has 1 aromatic rings. The molecule has 4 fully saturated rings. The summed E-state index contributed by atoms with van der Waals surface area (Å²) in [7, 11) is 0. The van der Waals surface area contributed by atoms with E-state index < -0.39 is 12.1 Å². The lowest BCUT2D eigenvalue weighted by atomic mass is 9.53. The second kappa shape index (κ2) is 6.11. The minimum absolute atomic E-state index is 0.0403. The molecule has 0 spiro atoms. The Morgan fingerprint density at radius 1 is 1.16 bits per heavy atom. The molecule has 4 aliphatic rings. The molecule has 5 rings (SSSR count). The molecule has 0 unspecified atom stereocenters. The fourth-order valence-corrected chi connectivity index (χ4v) is 6.65. The molecule has 0 aromatic carbocycles. The van der Waals surface area contributed by atoms with E-state index in [4.69, 9.17) is 4.74 Å². The third-order valence-electron chi connectivity index (χ3n) is 6.34. The molecule has 1 aromatic heterocycles. The van der Waals surface area contributed by atoms with E-state index in [0.717, 1.165) is 46.8 Å². The topological polar surface area (TPSA) is 55.4 Å². The summed E-state index contributed by atoms with van der Waals surface area (Å²) in [6.07, 6.45) is 6.60. The standard InChI is InChI=1S/C20H27NO3S/c1-11-4-17(13(3)25-11)19(23)24-12(2)18(22)21-20-8-14-5-15(9-20)7-16(6-14)10-20/h4,12,14-16H,5-10H2,1-3H3,(H,21,22)/t12-,14?,15?,16?,20?/m1/s1. The number of nitrogens with one attached hydrogen (secondary N) is 1. The summed E-state index contributed by atoms with van der Waals surface area (Å²) < 4.78 is 5.46. The van der Waals surface area contributed by atoms with Crippen molar-refractivity contribution in [2.45, 2.75) is 70.9 Å². The molecule has 0 aliphatic heterocycles. The molecule has 136 valence electrons. The fraction of sp³-hybridized carbons (Fsp3) is 0.700. The van der Waals surface area contributed by atoms with Gasteiger partial charge in [-0.3, -0.25) is 4.79 Å². The van der Waals surface area contributed by atoms with Gasteiger partial charge in [-0.1, -0.05) is 0 Å². The van der Waals surface area contributed by atoms with Crippen molar-refractivity contribution < 1.29 is 14.3 Å². The summed E-state index contributed by atoms with van der Waals surface area (Å²) in [4.78, 5) is 27.1. The molecule has 0 saturated heterocycles. The zero-order chi connectivity index (χ0) is 17.8. The van der Waals surface area contributed by atoms with Crippen molar-refractivity contribution in [3.63, 3.8) is 0 Å². The highest BCUT2D eigenvalue weighted by Gasteiger charge is 2.51. The van der Waals surface area contributed by atoms with Crippen LogP contribution < -0.4 is 5.32 Å². The first-order valence-electron chi connectivity index (χ1n) is 9.43. The number of carbonyl (C=O) groups is 2. The predicted octanol–water partition coefficient (Wildman–Crippen LogP) is 4.00. The van der Waals surface area contributed by atoms with Crippen molar-refractivity contribution in [2.24, 2.45) is 17.8 Å². The third kappa shape index (κ3) is 3.23. The number of ether oxygens (including phenoxy) is 1. The van der Waals surface area contributed by atoms with Crippen LogP contribution in [-0.2, 0) is 9.53 Å². The Balaban J connectivity index is 1.39. The summed E-state index contributed by atoms with van der Waals surface area (Å²) in [5, 5.41) is 3.29. The van der Waals surface area contributed by atoms with Gasteiger partial charge in [-0.25, -0.2) is 4.79 Å². The van der Waals surface area contributed by atoms with Gasteiger partial charge < -0.3 is 10.1 Å². The summed E-state index contributed by atoms with van der Waals surface area (Å²) in [6, 6.07) is 1.84. The zero-order valence-electron chi connectivity index (χ0n) is 15.3. The average molecular weight is 362 g/mol. The van der Waals surface area contributed by atoms with E-state index in [1.807, 2.05) is 19.9 Å². The van der Waals surface area contributed by atoms with E-state index in [-0.39, 0.29) is 11.4 Å². The van der Waals surface area contributed by atoms with Crippen molar-refractivity contribution >= 4 is 23.2 Å². The Labute approximate surface area is 153 Å². The largest absolute Gasteiger partial charge is 0.449 e. The Kier molecular flexibility index (Phi) is 4.18. The highest BCUT2D eigenvalue weighted by molar-refractivity contribution is 7.12. The van der Waals surface area contributed by atoms with Crippen LogP contribution in [0.4, 0.5) is 0 Å². The number of hydrogen-bond acceptors (Lipinski definition) is 4. The Bertz CT molecular complexity index is 673. The van der Waals surface area contributed by atoms with Crippen LogP contribution in [0.2, 0.25) is 0 Å². The lowest BCUT2D eigenvalue weighted by Gasteiger charge is -2.57. The molecule has 4 bridgehead atoms. The monoisotopic (exact) mass is 361 g/mol. The molecule has 25 heavy (non-hydrogen) atoms. The van der Waals surface area contributed by atoms with Crippen LogP contribution in [0.3, 0.4) is 0 Å². The van der Waals surface area contributed by atoms with E-state index in [9.17, 15) is 9.59 Å². The molecule has 1 heterocycles. The molecule has 1 N–H and O–H groups in total. The maximum Gasteiger partial charge on any atom is 0.340 e. The minimum Gasteiger partial charge on any atom is -0.449 e. The number of hydrogen-bond donors (Lipinski definition) is 1. The van der Waals surface area contributed by atoms with Crippen LogP contribution in [-0.4, -0.2) is 23.5 Å². The molecular formula is C20H27NO3S. The molecule has 4 saturated carbocycles. The van der Waals surface area contributed by atoms with Gasteiger partial charge in [0, 0.05) is 15.3 Å². The van der Waals surface area contributed by atoms with Crippen molar-refractivity contribution in [1.29, 1.82) is 0 Å². The molecule has 4 nitrogen and oxygen atoms in total. The van der Waals surface area contributed by atoms with E-state index in [2.05, 4.69) is 5.32 Å². The van der Waals surface area contributed by atoms with Gasteiger partial charge in [0.15, 0.2) is 6.10 Å². The van der Waals surface area contributed by atoms with Gasteiger partial charge in [0.05, 0.1) is 5.56 Å². The molecular weight excluding hydrogens is 334 g/mol. The molecule has 4 aliphatic carbocycles. The van der Waals surface area contributed by atoms with Gasteiger partial charge in [0.2, 0.25) is 0 Å². The van der Waals surface area contributed by atoms with Crippen molar-refractivity contribution in [3.8, 4) is 0 Å². The van der Waals surface area contributed by atoms with Gasteiger partial charge in [0.1, 0.15) is 0 Å². The Hall–Kier alpha value is -1.36. The van der Waals surface area contributed by atoms with E-state index in [0.29, 0.717) is 5.56 Å². The summed E-state index contributed by atoms with van der Waals surface area (Å²) in [5.74, 6) is 1.80. The number of thiophene rings is 1. The maximum absolute atomic E-state index is 12.7. The van der Waals surface area contributed by atoms with Crippen LogP contribution in [0.15, 0.2) is 6.07 Å². The lowest BCUT2D eigenvalue weighted by Crippen LogP contribution is -2.61. The number of aryl methyl sites for hydroxylation is 2. The molecule has 5 heteroatoms. The Morgan fingerprint density at radius 3 is 2.20 bits per heavy atom. The van der Waals surface area contributed by atoms with Crippen LogP contribution in [0.25, 0.3) is 0 Å². The first-order chi connectivity index (χ1) is 11.8. The number of rotatable bonds is 4. The van der Waals surface area contributed by atoms with Crippen molar-refractivity contribution in [1.82, 2.24) is 5.32 Å². The first-order valence-corrected chi connectivity index (χ1v) is 10.3. The van der Waals surface area contributed by atoms with Crippen molar-refractivity contribution in [3.05, 3.63) is 21.4 Å². The summed E-state index contributed by atoms with van der Waals surface area (Å²) in [5.41, 5.74) is 0.540. The van der Waals surface area contributed by atoms with Crippen LogP contribution in [0.1, 0.15) is 65.6 Å². The molecule has 1 atom stereocenters. The van der Waals surface area contributed by atoms with E-state index >= 15 is 0 Å². The molecule has 0 radical (unpaired) electrons. The average Bonchev–Trinajstić information content (AvgIpc) is 2.84. The van der Waals surface area contributed by atoms with Crippen LogP contribution >= 0.6 is 11.3 Å². The van der Waals surface area contributed by atoms with E-state index in [1.54, 1.807) is 18.3 Å². The lowest BCUT2D eigenvalue weighted by molar-refractivity contribution is -0.134. The summed E-state index contributed by atoms with van der Waals surface area (Å²) >= 11 is 1.58. The second-order valence-electron chi connectivity index (χ2n) is 8.56. The highest BCUT2D eigenvalue weighted by Crippen LogP contribution is 2.55. The fourth-order valence-electron chi connectivity index (χ4n) is 5.74. The number of esters is 1. The van der Waals surface area contributed by atoms with Crippen LogP contribution in [0, 0.1) is 31.6 Å². The smallest absolute Gasteiger partial charge is 0.340 e. The third-order valence-corrected chi connectivity index (χ3v) is 7.31. The molecule has 1 amide bonds. The highest BCUT2D eigenvalue weighted by atomic mass is 32.1. The number of amides is 1. The van der Waals surface area contributed by atoms with Crippen molar-refractivity contribution in [2.75, 3.05) is 0 Å². The SMILES string of the molecule is Cc1cc(C(=O)O[C@H](C)C(=O)NC23CC4CC(CC(C4)C2)C3)c(C)s1. The van der Waals surface area contributed by atoms with Gasteiger partial charge in [0.25, 0.3) is 5.91 Å². The quantitative estimate of drug-likeness (QED) is 0.825. The second-order valence-corrected chi connectivity index (χ2v) is 10.0. The summed E-state index contributed by atoms with van der Waals surface area (Å²) in [6.45, 7) is 5.56. The minimum atomic E-state index is -0.750. The van der Waals surface area contributed by atoms with Gasteiger partial charge in [-0.2, -0.15) is 0 Å². The predicted molar refractivity (Wildman–Crippen MR) is 97.7 cm³/mol. The zero-order valence-corrected chi connectivity index (χ0v) is 16.1. The number of carbonyl (C=O) groups excluding carboxylic acids is 2.